The fourth-order valence-electron chi connectivity index (χ4n) is 3.01. The van der Waals surface area contributed by atoms with E-state index in [1.807, 2.05) is 36.5 Å². The zero-order valence-electron chi connectivity index (χ0n) is 13.1. The Bertz CT molecular complexity index is 643. The van der Waals surface area contributed by atoms with Crippen LogP contribution in [-0.2, 0) is 6.54 Å². The molecule has 1 aliphatic heterocycles. The van der Waals surface area contributed by atoms with Crippen molar-refractivity contribution >= 4 is 22.4 Å². The van der Waals surface area contributed by atoms with Crippen LogP contribution in [0.4, 0.5) is 5.13 Å². The highest BCUT2D eigenvalue weighted by Crippen LogP contribution is 2.21. The van der Waals surface area contributed by atoms with E-state index in [2.05, 4.69) is 15.2 Å². The molecular formula is C17H22N4OS. The second-order valence-corrected chi connectivity index (χ2v) is 7.13. The van der Waals surface area contributed by atoms with Gasteiger partial charge >= 0.3 is 0 Å². The average Bonchev–Trinajstić information content (AvgIpc) is 2.99. The molecule has 3 N–H and O–H groups in total. The van der Waals surface area contributed by atoms with E-state index in [1.54, 1.807) is 11.3 Å². The summed E-state index contributed by atoms with van der Waals surface area (Å²) in [6, 6.07) is 9.38. The Morgan fingerprint density at radius 3 is 2.96 bits per heavy atom. The number of aromatic nitrogens is 1. The molecule has 23 heavy (non-hydrogen) atoms. The Labute approximate surface area is 140 Å². The van der Waals surface area contributed by atoms with Gasteiger partial charge in [-0.25, -0.2) is 4.98 Å². The van der Waals surface area contributed by atoms with Gasteiger partial charge in [-0.05, 0) is 37.4 Å². The number of piperidine rings is 1. The van der Waals surface area contributed by atoms with Crippen molar-refractivity contribution in [2.24, 2.45) is 5.92 Å². The number of nitrogens with one attached hydrogen (secondary N) is 1. The number of hydrogen-bond acceptors (Lipinski definition) is 5. The number of likely N-dealkylation sites (tertiary alicyclic amines) is 1. The fourth-order valence-corrected chi connectivity index (χ4v) is 3.73. The van der Waals surface area contributed by atoms with Crippen LogP contribution in [0.5, 0.6) is 0 Å². The second kappa shape index (κ2) is 7.57. The third-order valence-corrected chi connectivity index (χ3v) is 4.95. The number of amides is 1. The molecular weight excluding hydrogens is 308 g/mol. The van der Waals surface area contributed by atoms with E-state index < -0.39 is 0 Å². The summed E-state index contributed by atoms with van der Waals surface area (Å²) >= 11 is 1.55. The minimum absolute atomic E-state index is 0.0120. The molecule has 1 aliphatic rings. The zero-order chi connectivity index (χ0) is 16.1. The summed E-state index contributed by atoms with van der Waals surface area (Å²) < 4.78 is 0. The molecule has 3 rings (SSSR count). The minimum atomic E-state index is 0.0120. The van der Waals surface area contributed by atoms with Crippen LogP contribution >= 0.6 is 11.3 Å². The summed E-state index contributed by atoms with van der Waals surface area (Å²) in [5, 5.41) is 3.69. The topological polar surface area (TPSA) is 71.2 Å². The Kier molecular flexibility index (Phi) is 5.25. The monoisotopic (exact) mass is 330 g/mol. The van der Waals surface area contributed by atoms with E-state index >= 15 is 0 Å². The number of anilines is 1. The van der Waals surface area contributed by atoms with Crippen molar-refractivity contribution < 1.29 is 4.79 Å². The van der Waals surface area contributed by atoms with Gasteiger partial charge < -0.3 is 11.1 Å². The molecule has 0 saturated carbocycles. The largest absolute Gasteiger partial charge is 0.375 e. The highest BCUT2D eigenvalue weighted by molar-refractivity contribution is 7.15. The number of thiazole rings is 1. The van der Waals surface area contributed by atoms with Gasteiger partial charge in [0.25, 0.3) is 5.91 Å². The van der Waals surface area contributed by atoms with Gasteiger partial charge in [0.2, 0.25) is 0 Å². The Morgan fingerprint density at radius 1 is 1.39 bits per heavy atom. The fraction of sp³-hybridized carbons (Fsp3) is 0.412. The molecule has 1 saturated heterocycles. The first kappa shape index (κ1) is 16.0. The van der Waals surface area contributed by atoms with Crippen LogP contribution in [0.15, 0.2) is 36.5 Å². The minimum Gasteiger partial charge on any atom is -0.375 e. The van der Waals surface area contributed by atoms with Gasteiger partial charge in [0.15, 0.2) is 5.13 Å². The van der Waals surface area contributed by atoms with Crippen LogP contribution in [0.1, 0.15) is 28.1 Å². The van der Waals surface area contributed by atoms with Crippen molar-refractivity contribution in [3.63, 3.8) is 0 Å². The van der Waals surface area contributed by atoms with Gasteiger partial charge in [-0.15, -0.1) is 11.3 Å². The van der Waals surface area contributed by atoms with Crippen LogP contribution in [0.3, 0.4) is 0 Å². The Balaban J connectivity index is 1.48. The average molecular weight is 330 g/mol. The van der Waals surface area contributed by atoms with Crippen molar-refractivity contribution in [3.8, 4) is 0 Å². The number of carbonyl (C=O) groups is 1. The van der Waals surface area contributed by atoms with Gasteiger partial charge in [0, 0.05) is 36.3 Å². The SMILES string of the molecule is Nc1ncc(CN2CCCC(CNC(=O)c3ccccc3)C2)s1. The van der Waals surface area contributed by atoms with Crippen molar-refractivity contribution in [1.82, 2.24) is 15.2 Å². The molecule has 1 atom stereocenters. The van der Waals surface area contributed by atoms with E-state index in [0.29, 0.717) is 11.0 Å². The molecule has 0 bridgehead atoms. The van der Waals surface area contributed by atoms with Crippen LogP contribution in [0.2, 0.25) is 0 Å². The van der Waals surface area contributed by atoms with Crippen LogP contribution in [0.25, 0.3) is 0 Å². The molecule has 122 valence electrons. The standard InChI is InChI=1S/C17H22N4OS/c18-17-20-10-15(23-17)12-21-8-4-5-13(11-21)9-19-16(22)14-6-2-1-3-7-14/h1-3,6-7,10,13H,4-5,8-9,11-12H2,(H2,18,20)(H,19,22). The first-order valence-corrected chi connectivity index (χ1v) is 8.78. The second-order valence-electron chi connectivity index (χ2n) is 5.98. The zero-order valence-corrected chi connectivity index (χ0v) is 13.9. The van der Waals surface area contributed by atoms with Crippen molar-refractivity contribution in [2.75, 3.05) is 25.4 Å². The third-order valence-electron chi connectivity index (χ3n) is 4.14. The number of hydrogen-bond donors (Lipinski definition) is 2. The maximum Gasteiger partial charge on any atom is 0.251 e. The van der Waals surface area contributed by atoms with Crippen LogP contribution < -0.4 is 11.1 Å². The maximum absolute atomic E-state index is 12.1. The van der Waals surface area contributed by atoms with Gasteiger partial charge in [0.1, 0.15) is 0 Å². The van der Waals surface area contributed by atoms with Gasteiger partial charge in [-0.3, -0.25) is 9.69 Å². The van der Waals surface area contributed by atoms with Crippen LogP contribution in [0, 0.1) is 5.92 Å². The predicted molar refractivity (Wildman–Crippen MR) is 93.3 cm³/mol. The summed E-state index contributed by atoms with van der Waals surface area (Å²) in [5.41, 5.74) is 6.41. The van der Waals surface area contributed by atoms with E-state index in [-0.39, 0.29) is 5.91 Å². The summed E-state index contributed by atoms with van der Waals surface area (Å²) in [7, 11) is 0. The quantitative estimate of drug-likeness (QED) is 0.883. The van der Waals surface area contributed by atoms with Gasteiger partial charge in [-0.2, -0.15) is 0 Å². The third kappa shape index (κ3) is 4.53. The summed E-state index contributed by atoms with van der Waals surface area (Å²) in [5.74, 6) is 0.514. The molecule has 6 heteroatoms. The van der Waals surface area contributed by atoms with E-state index in [4.69, 9.17) is 5.73 Å². The molecule has 0 spiro atoms. The molecule has 1 aromatic carbocycles. The number of benzene rings is 1. The number of rotatable bonds is 5. The summed E-state index contributed by atoms with van der Waals surface area (Å²) in [6.07, 6.45) is 4.19. The molecule has 5 nitrogen and oxygen atoms in total. The van der Waals surface area contributed by atoms with Gasteiger partial charge in [0.05, 0.1) is 0 Å². The van der Waals surface area contributed by atoms with Crippen molar-refractivity contribution in [1.29, 1.82) is 0 Å². The lowest BCUT2D eigenvalue weighted by Gasteiger charge is -2.32. The highest BCUT2D eigenvalue weighted by atomic mass is 32.1. The molecule has 0 radical (unpaired) electrons. The van der Waals surface area contributed by atoms with Crippen LogP contribution in [-0.4, -0.2) is 35.4 Å². The van der Waals surface area contributed by atoms with E-state index in [9.17, 15) is 4.79 Å². The molecule has 1 amide bonds. The maximum atomic E-state index is 12.1. The molecule has 2 aromatic rings. The lowest BCUT2D eigenvalue weighted by molar-refractivity contribution is 0.0931. The summed E-state index contributed by atoms with van der Waals surface area (Å²) in [6.45, 7) is 3.74. The number of carbonyl (C=O) groups excluding carboxylic acids is 1. The Morgan fingerprint density at radius 2 is 2.22 bits per heavy atom. The number of nitrogen functional groups attached to an aromatic ring is 1. The van der Waals surface area contributed by atoms with E-state index in [1.165, 1.54) is 11.3 Å². The summed E-state index contributed by atoms with van der Waals surface area (Å²) in [4.78, 5) is 19.9. The van der Waals surface area contributed by atoms with Crippen molar-refractivity contribution in [3.05, 3.63) is 47.0 Å². The first-order chi connectivity index (χ1) is 11.2. The normalized spacial score (nSPS) is 18.7. The smallest absolute Gasteiger partial charge is 0.251 e. The molecule has 1 aromatic heterocycles. The number of nitrogens with two attached hydrogens (primary N) is 1. The molecule has 0 aliphatic carbocycles. The van der Waals surface area contributed by atoms with E-state index in [0.717, 1.165) is 38.2 Å². The molecule has 2 heterocycles. The predicted octanol–water partition coefficient (Wildman–Crippen LogP) is 2.37. The highest BCUT2D eigenvalue weighted by Gasteiger charge is 2.21. The lowest BCUT2D eigenvalue weighted by atomic mass is 9.98. The number of nitrogens with zero attached hydrogens (tertiary/aromatic N) is 2. The first-order valence-electron chi connectivity index (χ1n) is 7.96. The molecule has 1 unspecified atom stereocenters. The Hall–Kier alpha value is -1.92. The van der Waals surface area contributed by atoms with Crippen molar-refractivity contribution in [2.45, 2.75) is 19.4 Å². The molecule has 1 fully saturated rings. The van der Waals surface area contributed by atoms with Gasteiger partial charge in [-0.1, -0.05) is 18.2 Å². The lowest BCUT2D eigenvalue weighted by Crippen LogP contribution is -2.40.